The van der Waals surface area contributed by atoms with Gasteiger partial charge in [-0.2, -0.15) is 18.3 Å². The van der Waals surface area contributed by atoms with Crippen LogP contribution in [0, 0.1) is 17.7 Å². The van der Waals surface area contributed by atoms with Crippen molar-refractivity contribution in [2.24, 2.45) is 16.9 Å². The molecule has 0 saturated carbocycles. The van der Waals surface area contributed by atoms with Gasteiger partial charge in [-0.25, -0.2) is 4.39 Å². The van der Waals surface area contributed by atoms with Gasteiger partial charge in [0.1, 0.15) is 29.1 Å². The number of hydrogen-bond donors (Lipinski definition) is 2. The summed E-state index contributed by atoms with van der Waals surface area (Å²) in [6.45, 7) is 4.33. The number of phenolic OH excluding ortho intramolecular Hbond substituents is 1. The summed E-state index contributed by atoms with van der Waals surface area (Å²) in [5.41, 5.74) is -0.334. The summed E-state index contributed by atoms with van der Waals surface area (Å²) in [6, 6.07) is 9.30. The molecule has 1 saturated heterocycles. The van der Waals surface area contributed by atoms with Crippen LogP contribution in [-0.4, -0.2) is 53.3 Å². The lowest BCUT2D eigenvalue weighted by molar-refractivity contribution is -0.137. The number of carboxylic acid groups (broad SMARTS) is 1. The number of alkyl halides is 3. The predicted octanol–water partition coefficient (Wildman–Crippen LogP) is 5.04. The van der Waals surface area contributed by atoms with Gasteiger partial charge in [0, 0.05) is 37.4 Å². The van der Waals surface area contributed by atoms with E-state index < -0.39 is 42.1 Å². The molecule has 2 aliphatic rings. The largest absolute Gasteiger partial charge is 0.508 e. The number of aliphatic carboxylic acids is 1. The van der Waals surface area contributed by atoms with E-state index in [1.54, 1.807) is 24.3 Å². The molecule has 36 heavy (non-hydrogen) atoms. The molecule has 2 aromatic carbocycles. The Labute approximate surface area is 205 Å². The quantitative estimate of drug-likeness (QED) is 0.531. The van der Waals surface area contributed by atoms with Gasteiger partial charge in [-0.3, -0.25) is 9.80 Å². The zero-order chi connectivity index (χ0) is 26.2. The molecule has 2 N–H and O–H groups in total. The van der Waals surface area contributed by atoms with Crippen molar-refractivity contribution < 1.29 is 37.3 Å². The van der Waals surface area contributed by atoms with Crippen molar-refractivity contribution in [3.63, 3.8) is 0 Å². The minimum Gasteiger partial charge on any atom is -0.508 e. The van der Waals surface area contributed by atoms with Crippen molar-refractivity contribution in [3.05, 3.63) is 48.3 Å². The highest BCUT2D eigenvalue weighted by molar-refractivity contribution is 5.95. The van der Waals surface area contributed by atoms with Crippen molar-refractivity contribution in [2.45, 2.75) is 45.0 Å². The highest BCUT2D eigenvalue weighted by Crippen LogP contribution is 2.37. The van der Waals surface area contributed by atoms with Crippen molar-refractivity contribution >= 4 is 23.1 Å². The highest BCUT2D eigenvalue weighted by atomic mass is 19.4. The summed E-state index contributed by atoms with van der Waals surface area (Å²) < 4.78 is 60.5. The fourth-order valence-electron chi connectivity index (χ4n) is 4.80. The van der Waals surface area contributed by atoms with Crippen LogP contribution < -0.4 is 14.6 Å². The van der Waals surface area contributed by atoms with Gasteiger partial charge < -0.3 is 19.8 Å². The smallest absolute Gasteiger partial charge is 0.431 e. The molecule has 4 atom stereocenters. The first kappa shape index (κ1) is 25.6. The molecule has 0 radical (unpaired) electrons. The molecule has 0 aliphatic carbocycles. The third-order valence-electron chi connectivity index (χ3n) is 6.70. The second kappa shape index (κ2) is 9.87. The van der Waals surface area contributed by atoms with Crippen LogP contribution in [0.1, 0.15) is 26.7 Å². The molecular weight excluding hydrogens is 482 g/mol. The number of hydrazone groups is 1. The normalized spacial score (nSPS) is 24.6. The summed E-state index contributed by atoms with van der Waals surface area (Å²) in [7, 11) is 0. The number of rotatable bonds is 6. The molecule has 0 unspecified atom stereocenters. The summed E-state index contributed by atoms with van der Waals surface area (Å²) in [5.74, 6) is -2.19. The Hall–Kier alpha value is -3.50. The molecular formula is C25H27F4N3O4. The van der Waals surface area contributed by atoms with Crippen LogP contribution in [-0.2, 0) is 4.79 Å². The zero-order valence-corrected chi connectivity index (χ0v) is 19.7. The van der Waals surface area contributed by atoms with Gasteiger partial charge in [0.05, 0.1) is 23.8 Å². The maximum absolute atomic E-state index is 14.2. The van der Waals surface area contributed by atoms with E-state index in [0.29, 0.717) is 36.6 Å². The number of benzene rings is 2. The van der Waals surface area contributed by atoms with E-state index in [0.717, 1.165) is 5.01 Å². The van der Waals surface area contributed by atoms with Crippen LogP contribution in [0.5, 0.6) is 11.5 Å². The van der Waals surface area contributed by atoms with Crippen LogP contribution in [0.2, 0.25) is 0 Å². The zero-order valence-electron chi connectivity index (χ0n) is 19.7. The lowest BCUT2D eigenvalue weighted by Crippen LogP contribution is -2.44. The Bertz CT molecular complexity index is 1140. The molecule has 1 fully saturated rings. The molecule has 11 heteroatoms. The second-order valence-corrected chi connectivity index (χ2v) is 9.28. The van der Waals surface area contributed by atoms with Crippen molar-refractivity contribution in [1.82, 2.24) is 0 Å². The van der Waals surface area contributed by atoms with Crippen LogP contribution in [0.15, 0.2) is 47.6 Å². The standard InChI is InChI=1S/C25H27F4N3O4/c1-14-13-31(21-11-17(33)5-8-19(21)26)10-9-22(14)36-18-6-3-16(4-7-18)32-20(12-23(34)35)15(2)24(30-32)25(27,28)29/h3-8,11,14-15,20,22,33H,9-10,12-13H2,1-2H3,(H,34,35)/t14-,15+,20+,22-/m1/s1. The van der Waals surface area contributed by atoms with E-state index >= 15 is 0 Å². The van der Waals surface area contributed by atoms with Crippen LogP contribution in [0.4, 0.5) is 28.9 Å². The number of piperidine rings is 1. The Kier molecular flexibility index (Phi) is 7.01. The van der Waals surface area contributed by atoms with E-state index in [9.17, 15) is 32.6 Å². The number of hydrogen-bond acceptors (Lipinski definition) is 6. The average Bonchev–Trinajstić information content (AvgIpc) is 3.13. The van der Waals surface area contributed by atoms with E-state index in [-0.39, 0.29) is 17.8 Å². The molecule has 2 heterocycles. The number of ether oxygens (including phenoxy) is 1. The lowest BCUT2D eigenvalue weighted by atomic mass is 9.94. The van der Waals surface area contributed by atoms with Gasteiger partial charge >= 0.3 is 12.1 Å². The van der Waals surface area contributed by atoms with E-state index in [1.807, 2.05) is 11.8 Å². The summed E-state index contributed by atoms with van der Waals surface area (Å²) in [4.78, 5) is 13.1. The minimum absolute atomic E-state index is 0.0119. The lowest BCUT2D eigenvalue weighted by Gasteiger charge is -2.38. The van der Waals surface area contributed by atoms with Gasteiger partial charge in [-0.1, -0.05) is 13.8 Å². The molecule has 194 valence electrons. The number of halogens is 4. The molecule has 2 aliphatic heterocycles. The number of nitrogens with zero attached hydrogens (tertiary/aromatic N) is 3. The van der Waals surface area contributed by atoms with Gasteiger partial charge in [-0.05, 0) is 36.4 Å². The molecule has 4 rings (SSSR count). The van der Waals surface area contributed by atoms with Gasteiger partial charge in [0.2, 0.25) is 0 Å². The number of carboxylic acids is 1. The van der Waals surface area contributed by atoms with E-state index in [4.69, 9.17) is 4.74 Å². The number of carbonyl (C=O) groups is 1. The van der Waals surface area contributed by atoms with Gasteiger partial charge in [0.15, 0.2) is 0 Å². The van der Waals surface area contributed by atoms with Gasteiger partial charge in [0.25, 0.3) is 0 Å². The maximum Gasteiger partial charge on any atom is 0.431 e. The number of aromatic hydroxyl groups is 1. The first-order valence-corrected chi connectivity index (χ1v) is 11.6. The Balaban J connectivity index is 1.45. The first-order valence-electron chi connectivity index (χ1n) is 11.6. The summed E-state index contributed by atoms with van der Waals surface area (Å²) in [5, 5.41) is 23.7. The Morgan fingerprint density at radius 1 is 1.17 bits per heavy atom. The summed E-state index contributed by atoms with van der Waals surface area (Å²) in [6.07, 6.45) is -4.71. The van der Waals surface area contributed by atoms with Crippen LogP contribution in [0.3, 0.4) is 0 Å². The number of phenols is 1. The van der Waals surface area contributed by atoms with Crippen LogP contribution in [0.25, 0.3) is 0 Å². The van der Waals surface area contributed by atoms with Crippen molar-refractivity contribution in [1.29, 1.82) is 0 Å². The topological polar surface area (TPSA) is 85.6 Å². The second-order valence-electron chi connectivity index (χ2n) is 9.28. The first-order chi connectivity index (χ1) is 16.9. The van der Waals surface area contributed by atoms with E-state index in [2.05, 4.69) is 5.10 Å². The molecule has 2 aromatic rings. The van der Waals surface area contributed by atoms with Gasteiger partial charge in [-0.15, -0.1) is 0 Å². The maximum atomic E-state index is 14.2. The fourth-order valence-corrected chi connectivity index (χ4v) is 4.80. The average molecular weight is 510 g/mol. The monoisotopic (exact) mass is 509 g/mol. The third-order valence-corrected chi connectivity index (χ3v) is 6.70. The third kappa shape index (κ3) is 5.34. The van der Waals surface area contributed by atoms with E-state index in [1.165, 1.54) is 25.1 Å². The van der Waals surface area contributed by atoms with Crippen LogP contribution >= 0.6 is 0 Å². The molecule has 0 bridgehead atoms. The SMILES string of the molecule is C[C@@H]1CN(c2cc(O)ccc2F)CC[C@H]1Oc1ccc(N2N=C(C(F)(F)F)[C@@H](C)[C@@H]2CC(=O)O)cc1. The molecule has 0 amide bonds. The van der Waals surface area contributed by atoms with Crippen molar-refractivity contribution in [3.8, 4) is 11.5 Å². The highest BCUT2D eigenvalue weighted by Gasteiger charge is 2.48. The predicted molar refractivity (Wildman–Crippen MR) is 126 cm³/mol. The minimum atomic E-state index is -4.65. The Morgan fingerprint density at radius 3 is 2.47 bits per heavy atom. The number of anilines is 2. The summed E-state index contributed by atoms with van der Waals surface area (Å²) >= 11 is 0. The fraction of sp³-hybridized carbons (Fsp3) is 0.440. The molecule has 7 nitrogen and oxygen atoms in total. The van der Waals surface area contributed by atoms with Crippen molar-refractivity contribution in [2.75, 3.05) is 23.0 Å². The molecule has 0 aromatic heterocycles. The molecule has 0 spiro atoms. The Morgan fingerprint density at radius 2 is 1.86 bits per heavy atom.